The molecule has 3 aromatic carbocycles. The van der Waals surface area contributed by atoms with Crippen LogP contribution in [0.3, 0.4) is 0 Å². The molecule has 0 bridgehead atoms. The minimum Gasteiger partial charge on any atom is -0.494 e. The Labute approximate surface area is 228 Å². The highest BCUT2D eigenvalue weighted by Crippen LogP contribution is 2.39. The number of aromatic amines is 1. The SMILES string of the molecule is COC(=O)c1ccc2c(C(=Nc3ccc(N(C)C(=O)CN(C)C)c(C(F)(F)F)c3)c3ccccc3)c(O)[nH]c2c1. The number of methoxy groups -OCH3 is 1. The van der Waals surface area contributed by atoms with Crippen molar-refractivity contribution in [3.63, 3.8) is 0 Å². The van der Waals surface area contributed by atoms with Crippen LogP contribution in [0.4, 0.5) is 24.5 Å². The van der Waals surface area contributed by atoms with Crippen LogP contribution in [0.1, 0.15) is 27.0 Å². The average molecular weight is 553 g/mol. The molecule has 1 aromatic heterocycles. The zero-order valence-corrected chi connectivity index (χ0v) is 22.2. The Morgan fingerprint density at radius 3 is 2.30 bits per heavy atom. The number of rotatable bonds is 7. The molecule has 0 atom stereocenters. The number of hydrogen-bond donors (Lipinski definition) is 2. The van der Waals surface area contributed by atoms with Crippen LogP contribution in [0.15, 0.2) is 71.7 Å². The molecule has 1 amide bonds. The van der Waals surface area contributed by atoms with E-state index in [-0.39, 0.29) is 40.6 Å². The van der Waals surface area contributed by atoms with Crippen molar-refractivity contribution >= 4 is 39.9 Å². The van der Waals surface area contributed by atoms with Crippen LogP contribution >= 0.6 is 0 Å². The third-order valence-electron chi connectivity index (χ3n) is 6.20. The third kappa shape index (κ3) is 5.84. The van der Waals surface area contributed by atoms with Gasteiger partial charge in [0.2, 0.25) is 5.91 Å². The number of nitrogens with one attached hydrogen (secondary N) is 1. The molecule has 8 nitrogen and oxygen atoms in total. The van der Waals surface area contributed by atoms with Gasteiger partial charge in [-0.25, -0.2) is 9.79 Å². The molecule has 0 fully saturated rings. The van der Waals surface area contributed by atoms with Crippen LogP contribution in [-0.2, 0) is 15.7 Å². The standard InChI is InChI=1S/C29H27F3N4O4/c1-35(2)16-24(37)36(3)23-13-11-19(15-21(23)29(30,31)32)33-26(17-8-6-5-7-9-17)25-20-12-10-18(28(39)40-4)14-22(20)34-27(25)38/h5-15,34,38H,16H2,1-4H3. The molecule has 0 radical (unpaired) electrons. The molecule has 0 spiro atoms. The number of nitrogens with zero attached hydrogens (tertiary/aromatic N) is 3. The average Bonchev–Trinajstić information content (AvgIpc) is 3.24. The number of hydrogen-bond acceptors (Lipinski definition) is 6. The predicted molar refractivity (Wildman–Crippen MR) is 146 cm³/mol. The Kier molecular flexibility index (Phi) is 7.96. The van der Waals surface area contributed by atoms with Crippen molar-refractivity contribution in [2.24, 2.45) is 4.99 Å². The molecule has 11 heteroatoms. The number of H-pyrrole nitrogens is 1. The monoisotopic (exact) mass is 552 g/mol. The first-order chi connectivity index (χ1) is 18.9. The lowest BCUT2D eigenvalue weighted by Gasteiger charge is -2.23. The first kappa shape index (κ1) is 28.4. The van der Waals surface area contributed by atoms with E-state index in [1.54, 1.807) is 55.4 Å². The highest BCUT2D eigenvalue weighted by molar-refractivity contribution is 6.22. The number of likely N-dealkylation sites (N-methyl/N-ethyl adjacent to an activating group) is 2. The number of benzene rings is 3. The van der Waals surface area contributed by atoms with Gasteiger partial charge in [-0.2, -0.15) is 13.2 Å². The van der Waals surface area contributed by atoms with Gasteiger partial charge in [0, 0.05) is 23.5 Å². The van der Waals surface area contributed by atoms with Crippen molar-refractivity contribution < 1.29 is 32.6 Å². The van der Waals surface area contributed by atoms with Gasteiger partial charge < -0.3 is 24.6 Å². The van der Waals surface area contributed by atoms with E-state index in [2.05, 4.69) is 9.98 Å². The van der Waals surface area contributed by atoms with Gasteiger partial charge in [0.05, 0.1) is 47.4 Å². The minimum atomic E-state index is -4.77. The minimum absolute atomic E-state index is 0.0386. The van der Waals surface area contributed by atoms with Crippen molar-refractivity contribution in [1.82, 2.24) is 9.88 Å². The van der Waals surface area contributed by atoms with Crippen LogP contribution in [-0.4, -0.2) is 67.4 Å². The smallest absolute Gasteiger partial charge is 0.418 e. The molecule has 4 aromatic rings. The first-order valence-electron chi connectivity index (χ1n) is 12.1. The number of ether oxygens (including phenoxy) is 1. The predicted octanol–water partition coefficient (Wildman–Crippen LogP) is 5.37. The first-order valence-corrected chi connectivity index (χ1v) is 12.1. The number of carbonyl (C=O) groups is 2. The summed E-state index contributed by atoms with van der Waals surface area (Å²) in [6, 6.07) is 16.8. The van der Waals surface area contributed by atoms with E-state index < -0.39 is 23.6 Å². The largest absolute Gasteiger partial charge is 0.494 e. The van der Waals surface area contributed by atoms with E-state index in [0.717, 1.165) is 11.0 Å². The van der Waals surface area contributed by atoms with Gasteiger partial charge in [-0.15, -0.1) is 0 Å². The van der Waals surface area contributed by atoms with Crippen LogP contribution in [0.2, 0.25) is 0 Å². The van der Waals surface area contributed by atoms with Crippen molar-refractivity contribution in [3.8, 4) is 5.88 Å². The van der Waals surface area contributed by atoms with Crippen molar-refractivity contribution in [2.45, 2.75) is 6.18 Å². The normalized spacial score (nSPS) is 12.2. The van der Waals surface area contributed by atoms with E-state index in [4.69, 9.17) is 4.74 Å². The number of alkyl halides is 3. The van der Waals surface area contributed by atoms with Gasteiger partial charge in [0.1, 0.15) is 0 Å². The van der Waals surface area contributed by atoms with Gasteiger partial charge in [-0.1, -0.05) is 36.4 Å². The lowest BCUT2D eigenvalue weighted by Crippen LogP contribution is -2.36. The van der Waals surface area contributed by atoms with Gasteiger partial charge in [0.25, 0.3) is 0 Å². The molecule has 0 saturated carbocycles. The summed E-state index contributed by atoms with van der Waals surface area (Å²) < 4.78 is 47.3. The van der Waals surface area contributed by atoms with Gasteiger partial charge in [0.15, 0.2) is 5.88 Å². The number of halogens is 3. The lowest BCUT2D eigenvalue weighted by atomic mass is 10.00. The molecule has 0 aliphatic carbocycles. The van der Waals surface area contributed by atoms with Crippen LogP contribution in [0, 0.1) is 0 Å². The van der Waals surface area contributed by atoms with E-state index in [1.807, 2.05) is 0 Å². The molecule has 40 heavy (non-hydrogen) atoms. The number of anilines is 1. The Morgan fingerprint density at radius 2 is 1.68 bits per heavy atom. The molecular formula is C29H27F3N4O4. The molecular weight excluding hydrogens is 525 g/mol. The van der Waals surface area contributed by atoms with E-state index in [9.17, 15) is 27.9 Å². The van der Waals surface area contributed by atoms with Gasteiger partial charge in [-0.3, -0.25) is 4.79 Å². The zero-order valence-electron chi connectivity index (χ0n) is 22.2. The highest BCUT2D eigenvalue weighted by Gasteiger charge is 2.36. The number of fused-ring (bicyclic) bond motifs is 1. The quantitative estimate of drug-likeness (QED) is 0.237. The number of aliphatic imine (C=N–C) groups is 1. The van der Waals surface area contributed by atoms with Crippen molar-refractivity contribution in [2.75, 3.05) is 39.7 Å². The number of aromatic hydroxyl groups is 1. The van der Waals surface area contributed by atoms with Crippen molar-refractivity contribution in [3.05, 3.63) is 89.0 Å². The summed E-state index contributed by atoms with van der Waals surface area (Å²) >= 11 is 0. The number of aromatic nitrogens is 1. The number of esters is 1. The van der Waals surface area contributed by atoms with Gasteiger partial charge >= 0.3 is 12.1 Å². The maximum atomic E-state index is 14.2. The molecule has 0 saturated heterocycles. The summed E-state index contributed by atoms with van der Waals surface area (Å²) in [6.45, 7) is -0.0661. The fourth-order valence-electron chi connectivity index (χ4n) is 4.28. The fraction of sp³-hybridized carbons (Fsp3) is 0.207. The fourth-order valence-corrected chi connectivity index (χ4v) is 4.28. The molecule has 2 N–H and O–H groups in total. The Balaban J connectivity index is 1.90. The second-order valence-electron chi connectivity index (χ2n) is 9.32. The molecule has 0 aliphatic rings. The van der Waals surface area contributed by atoms with E-state index >= 15 is 0 Å². The maximum Gasteiger partial charge on any atom is 0.418 e. The van der Waals surface area contributed by atoms with E-state index in [0.29, 0.717) is 16.5 Å². The van der Waals surface area contributed by atoms with Crippen molar-refractivity contribution in [1.29, 1.82) is 0 Å². The Hall–Kier alpha value is -4.64. The maximum absolute atomic E-state index is 14.2. The molecule has 4 rings (SSSR count). The molecule has 0 aliphatic heterocycles. The van der Waals surface area contributed by atoms with Gasteiger partial charge in [-0.05, 0) is 44.4 Å². The Bertz CT molecular complexity index is 1590. The second kappa shape index (κ2) is 11.2. The summed E-state index contributed by atoms with van der Waals surface area (Å²) in [5.74, 6) is -1.35. The molecule has 208 valence electrons. The lowest BCUT2D eigenvalue weighted by molar-refractivity contribution is -0.137. The summed E-state index contributed by atoms with van der Waals surface area (Å²) in [6.07, 6.45) is -4.77. The number of amides is 1. The molecule has 1 heterocycles. The molecule has 0 unspecified atom stereocenters. The summed E-state index contributed by atoms with van der Waals surface area (Å²) in [5, 5.41) is 11.4. The van der Waals surface area contributed by atoms with Crippen LogP contribution in [0.5, 0.6) is 5.88 Å². The number of carbonyl (C=O) groups excluding carboxylic acids is 2. The third-order valence-corrected chi connectivity index (χ3v) is 6.20. The van der Waals surface area contributed by atoms with E-state index in [1.165, 1.54) is 38.4 Å². The van der Waals surface area contributed by atoms with Crippen LogP contribution in [0.25, 0.3) is 10.9 Å². The van der Waals surface area contributed by atoms with Crippen LogP contribution < -0.4 is 4.90 Å². The second-order valence-corrected chi connectivity index (χ2v) is 9.32. The zero-order chi connectivity index (χ0) is 29.2. The Morgan fingerprint density at radius 1 is 0.975 bits per heavy atom. The highest BCUT2D eigenvalue weighted by atomic mass is 19.4. The summed E-state index contributed by atoms with van der Waals surface area (Å²) in [5.41, 5.74) is 0.272. The summed E-state index contributed by atoms with van der Waals surface area (Å²) in [7, 11) is 5.84. The summed E-state index contributed by atoms with van der Waals surface area (Å²) in [4.78, 5) is 34.4. The topological polar surface area (TPSA) is 98.2 Å².